The Bertz CT molecular complexity index is 986. The number of rotatable bonds is 3. The van der Waals surface area contributed by atoms with Gasteiger partial charge >= 0.3 is 0 Å². The van der Waals surface area contributed by atoms with Crippen molar-refractivity contribution in [3.8, 4) is 0 Å². The summed E-state index contributed by atoms with van der Waals surface area (Å²) in [5, 5.41) is 8.45. The van der Waals surface area contributed by atoms with E-state index < -0.39 is 0 Å². The summed E-state index contributed by atoms with van der Waals surface area (Å²) in [7, 11) is 0. The van der Waals surface area contributed by atoms with Gasteiger partial charge in [0.2, 0.25) is 5.95 Å². The summed E-state index contributed by atoms with van der Waals surface area (Å²) in [6.45, 7) is 3.81. The average molecular weight is 376 g/mol. The molecule has 7 heteroatoms. The smallest absolute Gasteiger partial charge is 0.247 e. The molecule has 0 atom stereocenters. The predicted octanol–water partition coefficient (Wildman–Crippen LogP) is 3.03. The molecule has 1 saturated heterocycles. The maximum Gasteiger partial charge on any atom is 0.247 e. The summed E-state index contributed by atoms with van der Waals surface area (Å²) in [6, 6.07) is 15.3. The van der Waals surface area contributed by atoms with Gasteiger partial charge in [0, 0.05) is 38.4 Å². The zero-order chi connectivity index (χ0) is 18.9. The molecule has 28 heavy (non-hydrogen) atoms. The van der Waals surface area contributed by atoms with Gasteiger partial charge < -0.3 is 14.7 Å². The number of nitrogens with zero attached hydrogens (tertiary/aromatic N) is 6. The highest BCUT2D eigenvalue weighted by Crippen LogP contribution is 2.33. The Hall–Kier alpha value is -3.22. The highest BCUT2D eigenvalue weighted by atomic mass is 19.1. The lowest BCUT2D eigenvalue weighted by atomic mass is 10.2. The van der Waals surface area contributed by atoms with Crippen LogP contribution in [0.25, 0.3) is 0 Å². The molecule has 2 aliphatic rings. The largest absolute Gasteiger partial charge is 0.366 e. The molecule has 0 aliphatic carbocycles. The van der Waals surface area contributed by atoms with Gasteiger partial charge in [-0.3, -0.25) is 0 Å². The number of hydrogen-bond acceptors (Lipinski definition) is 6. The van der Waals surface area contributed by atoms with Crippen LogP contribution in [0, 0.1) is 5.82 Å². The quantitative estimate of drug-likeness (QED) is 0.700. The van der Waals surface area contributed by atoms with Crippen LogP contribution in [0.3, 0.4) is 0 Å². The molecular formula is C21H21FN6. The Balaban J connectivity index is 1.32. The van der Waals surface area contributed by atoms with Crippen molar-refractivity contribution in [2.45, 2.75) is 6.42 Å². The monoisotopic (exact) mass is 376 g/mol. The molecule has 3 heterocycles. The Kier molecular flexibility index (Phi) is 4.27. The lowest BCUT2D eigenvalue weighted by molar-refractivity contribution is 0.592. The second kappa shape index (κ2) is 7.07. The number of para-hydroxylation sites is 2. The Morgan fingerprint density at radius 2 is 1.50 bits per heavy atom. The molecule has 0 amide bonds. The summed E-state index contributed by atoms with van der Waals surface area (Å²) in [5.74, 6) is 1.28. The van der Waals surface area contributed by atoms with Crippen LogP contribution in [0.4, 0.5) is 27.5 Å². The summed E-state index contributed by atoms with van der Waals surface area (Å²) >= 11 is 0. The van der Waals surface area contributed by atoms with Crippen molar-refractivity contribution in [1.82, 2.24) is 15.2 Å². The number of piperazine rings is 1. The minimum absolute atomic E-state index is 0.177. The topological polar surface area (TPSA) is 48.4 Å². The third kappa shape index (κ3) is 3.02. The second-order valence-electron chi connectivity index (χ2n) is 7.07. The van der Waals surface area contributed by atoms with Gasteiger partial charge in [0.1, 0.15) is 5.82 Å². The fourth-order valence-corrected chi connectivity index (χ4v) is 3.98. The molecular weight excluding hydrogens is 355 g/mol. The van der Waals surface area contributed by atoms with Crippen LogP contribution in [0.5, 0.6) is 0 Å². The Morgan fingerprint density at radius 1 is 0.786 bits per heavy atom. The standard InChI is InChI=1S/C21H21FN6/c22-17-6-2-4-8-19(17)26-11-13-27(14-12-26)21-24-20(15-23-25-21)28-10-9-16-5-1-3-7-18(16)28/h1-8,15H,9-14H2. The zero-order valence-electron chi connectivity index (χ0n) is 15.5. The van der Waals surface area contributed by atoms with Crippen LogP contribution in [-0.2, 0) is 6.42 Å². The second-order valence-corrected chi connectivity index (χ2v) is 7.07. The van der Waals surface area contributed by atoms with Crippen LogP contribution >= 0.6 is 0 Å². The number of fused-ring (bicyclic) bond motifs is 1. The third-order valence-electron chi connectivity index (χ3n) is 5.45. The normalized spacial score (nSPS) is 16.4. The molecule has 0 bridgehead atoms. The first-order valence-electron chi connectivity index (χ1n) is 9.59. The van der Waals surface area contributed by atoms with E-state index in [4.69, 9.17) is 4.98 Å². The van der Waals surface area contributed by atoms with Gasteiger partial charge in [0.05, 0.1) is 11.9 Å². The number of hydrogen-bond donors (Lipinski definition) is 0. The summed E-state index contributed by atoms with van der Waals surface area (Å²) in [4.78, 5) is 11.2. The van der Waals surface area contributed by atoms with Crippen molar-refractivity contribution >= 4 is 23.1 Å². The lowest BCUT2D eigenvalue weighted by Gasteiger charge is -2.36. The molecule has 0 unspecified atom stereocenters. The molecule has 0 radical (unpaired) electrons. The summed E-state index contributed by atoms with van der Waals surface area (Å²) in [5.41, 5.74) is 3.18. The van der Waals surface area contributed by atoms with E-state index in [0.29, 0.717) is 11.6 Å². The van der Waals surface area contributed by atoms with E-state index in [-0.39, 0.29) is 5.82 Å². The summed E-state index contributed by atoms with van der Waals surface area (Å²) < 4.78 is 14.0. The SMILES string of the molecule is Fc1ccccc1N1CCN(c2nncc(N3CCc4ccccc43)n2)CC1. The molecule has 6 nitrogen and oxygen atoms in total. The van der Waals surface area contributed by atoms with Gasteiger partial charge in [0.25, 0.3) is 0 Å². The molecule has 0 N–H and O–H groups in total. The third-order valence-corrected chi connectivity index (χ3v) is 5.45. The van der Waals surface area contributed by atoms with Gasteiger partial charge in [-0.15, -0.1) is 5.10 Å². The molecule has 1 fully saturated rings. The van der Waals surface area contributed by atoms with Crippen molar-refractivity contribution in [3.05, 3.63) is 66.1 Å². The van der Waals surface area contributed by atoms with Gasteiger partial charge in [-0.25, -0.2) is 4.39 Å². The van der Waals surface area contributed by atoms with Crippen molar-refractivity contribution < 1.29 is 4.39 Å². The molecule has 2 aromatic carbocycles. The van der Waals surface area contributed by atoms with E-state index in [2.05, 4.69) is 49.2 Å². The van der Waals surface area contributed by atoms with Crippen molar-refractivity contribution in [1.29, 1.82) is 0 Å². The van der Waals surface area contributed by atoms with Gasteiger partial charge in [0.15, 0.2) is 5.82 Å². The number of aromatic nitrogens is 3. The van der Waals surface area contributed by atoms with Crippen LogP contribution in [-0.4, -0.2) is 47.9 Å². The van der Waals surface area contributed by atoms with Gasteiger partial charge in [-0.2, -0.15) is 10.1 Å². The minimum Gasteiger partial charge on any atom is -0.366 e. The van der Waals surface area contributed by atoms with E-state index in [9.17, 15) is 4.39 Å². The fraction of sp³-hybridized carbons (Fsp3) is 0.286. The van der Waals surface area contributed by atoms with E-state index in [1.807, 2.05) is 12.1 Å². The maximum atomic E-state index is 14.0. The maximum absolute atomic E-state index is 14.0. The Morgan fingerprint density at radius 3 is 2.32 bits per heavy atom. The number of halogens is 1. The lowest BCUT2D eigenvalue weighted by Crippen LogP contribution is -2.47. The first-order chi connectivity index (χ1) is 13.8. The van der Waals surface area contributed by atoms with Crippen LogP contribution in [0.15, 0.2) is 54.7 Å². The van der Waals surface area contributed by atoms with Crippen LogP contribution < -0.4 is 14.7 Å². The molecule has 0 spiro atoms. The zero-order valence-corrected chi connectivity index (χ0v) is 15.5. The van der Waals surface area contributed by atoms with E-state index in [0.717, 1.165) is 45.0 Å². The van der Waals surface area contributed by atoms with Gasteiger partial charge in [-0.1, -0.05) is 30.3 Å². The first-order valence-corrected chi connectivity index (χ1v) is 9.59. The van der Waals surface area contributed by atoms with Crippen LogP contribution in [0.2, 0.25) is 0 Å². The summed E-state index contributed by atoms with van der Waals surface area (Å²) in [6.07, 6.45) is 2.73. The van der Waals surface area contributed by atoms with Crippen molar-refractivity contribution in [3.63, 3.8) is 0 Å². The van der Waals surface area contributed by atoms with E-state index in [1.165, 1.54) is 17.3 Å². The fourth-order valence-electron chi connectivity index (χ4n) is 3.98. The van der Waals surface area contributed by atoms with E-state index in [1.54, 1.807) is 12.3 Å². The van der Waals surface area contributed by atoms with Crippen molar-refractivity contribution in [2.75, 3.05) is 47.4 Å². The number of anilines is 4. The average Bonchev–Trinajstić information content (AvgIpc) is 3.19. The van der Waals surface area contributed by atoms with Crippen molar-refractivity contribution in [2.24, 2.45) is 0 Å². The molecule has 2 aliphatic heterocycles. The molecule has 5 rings (SSSR count). The first kappa shape index (κ1) is 16.9. The highest BCUT2D eigenvalue weighted by molar-refractivity contribution is 5.67. The van der Waals surface area contributed by atoms with E-state index >= 15 is 0 Å². The van der Waals surface area contributed by atoms with Gasteiger partial charge in [-0.05, 0) is 30.2 Å². The number of benzene rings is 2. The predicted molar refractivity (Wildman–Crippen MR) is 108 cm³/mol. The molecule has 3 aromatic rings. The Labute approximate surface area is 163 Å². The van der Waals surface area contributed by atoms with Crippen LogP contribution in [0.1, 0.15) is 5.56 Å². The minimum atomic E-state index is -0.177. The molecule has 1 aromatic heterocycles. The molecule has 0 saturated carbocycles. The highest BCUT2D eigenvalue weighted by Gasteiger charge is 2.24. The molecule has 142 valence electrons.